The second-order valence-electron chi connectivity index (χ2n) is 3.66. The molecule has 0 aliphatic carbocycles. The van der Waals surface area contributed by atoms with E-state index in [4.69, 9.17) is 20.3 Å². The van der Waals surface area contributed by atoms with E-state index in [-0.39, 0.29) is 12.6 Å². The zero-order valence-corrected chi connectivity index (χ0v) is 9.77. The lowest BCUT2D eigenvalue weighted by Crippen LogP contribution is -2.24. The molecule has 3 N–H and O–H groups in total. The summed E-state index contributed by atoms with van der Waals surface area (Å²) in [6, 6.07) is 5.48. The predicted octanol–water partition coefficient (Wildman–Crippen LogP) is 0.956. The molecule has 0 saturated carbocycles. The van der Waals surface area contributed by atoms with E-state index in [0.717, 1.165) is 29.9 Å². The third-order valence-electron chi connectivity index (χ3n) is 2.51. The Morgan fingerprint density at radius 1 is 1.31 bits per heavy atom. The van der Waals surface area contributed by atoms with Crippen molar-refractivity contribution in [2.75, 3.05) is 20.8 Å². The van der Waals surface area contributed by atoms with Gasteiger partial charge in [-0.25, -0.2) is 0 Å². The second-order valence-corrected chi connectivity index (χ2v) is 3.66. The summed E-state index contributed by atoms with van der Waals surface area (Å²) in [6.45, 7) is 0.00623. The van der Waals surface area contributed by atoms with Crippen LogP contribution in [-0.4, -0.2) is 32.0 Å². The highest BCUT2D eigenvalue weighted by atomic mass is 16.5. The quantitative estimate of drug-likeness (QED) is 0.756. The van der Waals surface area contributed by atoms with E-state index >= 15 is 0 Å². The molecule has 0 aromatic heterocycles. The molecule has 0 saturated heterocycles. The van der Waals surface area contributed by atoms with Gasteiger partial charge in [-0.2, -0.15) is 0 Å². The Kier molecular flexibility index (Phi) is 5.08. The number of rotatable bonds is 6. The van der Waals surface area contributed by atoms with Gasteiger partial charge in [0.15, 0.2) is 0 Å². The van der Waals surface area contributed by atoms with E-state index in [1.165, 1.54) is 0 Å². The first kappa shape index (κ1) is 12.8. The minimum absolute atomic E-state index is 0.00623. The van der Waals surface area contributed by atoms with Crippen LogP contribution in [0.5, 0.6) is 11.5 Å². The van der Waals surface area contributed by atoms with Crippen LogP contribution in [0.15, 0.2) is 18.2 Å². The number of nitrogens with two attached hydrogens (primary N) is 1. The molecule has 0 amide bonds. The first-order chi connectivity index (χ1) is 7.71. The molecule has 16 heavy (non-hydrogen) atoms. The van der Waals surface area contributed by atoms with E-state index in [9.17, 15) is 0 Å². The van der Waals surface area contributed by atoms with Crippen molar-refractivity contribution >= 4 is 0 Å². The SMILES string of the molecule is COc1ccc(OC)c(CCC(N)CO)c1. The van der Waals surface area contributed by atoms with Crippen LogP contribution in [0.4, 0.5) is 0 Å². The molecule has 0 aliphatic heterocycles. The van der Waals surface area contributed by atoms with Crippen molar-refractivity contribution in [2.24, 2.45) is 5.73 Å². The van der Waals surface area contributed by atoms with Crippen LogP contribution in [0.3, 0.4) is 0 Å². The van der Waals surface area contributed by atoms with Gasteiger partial charge in [-0.1, -0.05) is 0 Å². The summed E-state index contributed by atoms with van der Waals surface area (Å²) in [5.74, 6) is 1.62. The Morgan fingerprint density at radius 3 is 2.62 bits per heavy atom. The van der Waals surface area contributed by atoms with E-state index in [2.05, 4.69) is 0 Å². The summed E-state index contributed by atoms with van der Waals surface area (Å²) < 4.78 is 10.4. The van der Waals surface area contributed by atoms with Gasteiger partial charge in [-0.15, -0.1) is 0 Å². The van der Waals surface area contributed by atoms with Crippen molar-refractivity contribution in [2.45, 2.75) is 18.9 Å². The van der Waals surface area contributed by atoms with Crippen LogP contribution in [-0.2, 0) is 6.42 Å². The van der Waals surface area contributed by atoms with Crippen LogP contribution in [0.25, 0.3) is 0 Å². The minimum Gasteiger partial charge on any atom is -0.497 e. The molecule has 4 nitrogen and oxygen atoms in total. The van der Waals surface area contributed by atoms with Crippen molar-refractivity contribution in [1.82, 2.24) is 0 Å². The van der Waals surface area contributed by atoms with Crippen molar-refractivity contribution in [3.05, 3.63) is 23.8 Å². The maximum Gasteiger partial charge on any atom is 0.122 e. The molecule has 0 radical (unpaired) electrons. The fraction of sp³-hybridized carbons (Fsp3) is 0.500. The second kappa shape index (κ2) is 6.35. The average Bonchev–Trinajstić information content (AvgIpc) is 2.35. The van der Waals surface area contributed by atoms with E-state index in [1.54, 1.807) is 14.2 Å². The lowest BCUT2D eigenvalue weighted by molar-refractivity contribution is 0.260. The number of aliphatic hydroxyl groups excluding tert-OH is 1. The summed E-state index contributed by atoms with van der Waals surface area (Å²) in [5, 5.41) is 8.86. The first-order valence-electron chi connectivity index (χ1n) is 5.28. The standard InChI is InChI=1S/C12H19NO3/c1-15-11-5-6-12(16-2)9(7-11)3-4-10(13)8-14/h5-7,10,14H,3-4,8,13H2,1-2H3. The molecular weight excluding hydrogens is 206 g/mol. The molecule has 4 heteroatoms. The summed E-state index contributed by atoms with van der Waals surface area (Å²) in [5.41, 5.74) is 6.71. The molecule has 1 aromatic carbocycles. The fourth-order valence-electron chi connectivity index (χ4n) is 1.51. The third-order valence-corrected chi connectivity index (χ3v) is 2.51. The van der Waals surface area contributed by atoms with Crippen LogP contribution in [0.2, 0.25) is 0 Å². The minimum atomic E-state index is -0.184. The molecule has 1 aromatic rings. The summed E-state index contributed by atoms with van der Waals surface area (Å²) in [4.78, 5) is 0. The monoisotopic (exact) mass is 225 g/mol. The summed E-state index contributed by atoms with van der Waals surface area (Å²) in [6.07, 6.45) is 1.49. The maximum atomic E-state index is 8.86. The number of aliphatic hydroxyl groups is 1. The molecule has 0 spiro atoms. The van der Waals surface area contributed by atoms with Gasteiger partial charge in [-0.05, 0) is 36.6 Å². The number of methoxy groups -OCH3 is 2. The smallest absolute Gasteiger partial charge is 0.122 e. The van der Waals surface area contributed by atoms with Gasteiger partial charge >= 0.3 is 0 Å². The Labute approximate surface area is 96.0 Å². The van der Waals surface area contributed by atoms with Crippen molar-refractivity contribution in [1.29, 1.82) is 0 Å². The summed E-state index contributed by atoms with van der Waals surface area (Å²) >= 11 is 0. The molecule has 0 fully saturated rings. The molecule has 1 rings (SSSR count). The van der Waals surface area contributed by atoms with Crippen LogP contribution >= 0.6 is 0 Å². The first-order valence-corrected chi connectivity index (χ1v) is 5.28. The van der Waals surface area contributed by atoms with Crippen molar-refractivity contribution in [3.63, 3.8) is 0 Å². The number of ether oxygens (including phenoxy) is 2. The lowest BCUT2D eigenvalue weighted by atomic mass is 10.0. The van der Waals surface area contributed by atoms with Gasteiger partial charge in [0.2, 0.25) is 0 Å². The molecule has 90 valence electrons. The molecule has 0 heterocycles. The van der Waals surface area contributed by atoms with Gasteiger partial charge in [0.1, 0.15) is 11.5 Å². The van der Waals surface area contributed by atoms with Crippen LogP contribution in [0.1, 0.15) is 12.0 Å². The van der Waals surface area contributed by atoms with Gasteiger partial charge in [0.25, 0.3) is 0 Å². The average molecular weight is 225 g/mol. The zero-order valence-electron chi connectivity index (χ0n) is 9.77. The van der Waals surface area contributed by atoms with Gasteiger partial charge in [-0.3, -0.25) is 0 Å². The van der Waals surface area contributed by atoms with Crippen molar-refractivity contribution in [3.8, 4) is 11.5 Å². The Balaban J connectivity index is 2.75. The predicted molar refractivity (Wildman–Crippen MR) is 62.9 cm³/mol. The largest absolute Gasteiger partial charge is 0.497 e. The lowest BCUT2D eigenvalue weighted by Gasteiger charge is -2.12. The Hall–Kier alpha value is -1.26. The Morgan fingerprint density at radius 2 is 2.06 bits per heavy atom. The Bertz CT molecular complexity index is 328. The van der Waals surface area contributed by atoms with Gasteiger partial charge < -0.3 is 20.3 Å². The maximum absolute atomic E-state index is 8.86. The van der Waals surface area contributed by atoms with Gasteiger partial charge in [0, 0.05) is 6.04 Å². The number of hydrogen-bond acceptors (Lipinski definition) is 4. The highest BCUT2D eigenvalue weighted by molar-refractivity contribution is 5.40. The fourth-order valence-corrected chi connectivity index (χ4v) is 1.51. The normalized spacial score (nSPS) is 12.2. The van der Waals surface area contributed by atoms with Crippen LogP contribution < -0.4 is 15.2 Å². The van der Waals surface area contributed by atoms with E-state index < -0.39 is 0 Å². The van der Waals surface area contributed by atoms with E-state index in [1.807, 2.05) is 18.2 Å². The third kappa shape index (κ3) is 3.40. The molecule has 0 aliphatic rings. The number of hydrogen-bond donors (Lipinski definition) is 2. The molecule has 1 unspecified atom stereocenters. The van der Waals surface area contributed by atoms with Gasteiger partial charge in [0.05, 0.1) is 20.8 Å². The van der Waals surface area contributed by atoms with Crippen molar-refractivity contribution < 1.29 is 14.6 Å². The highest BCUT2D eigenvalue weighted by Gasteiger charge is 2.07. The molecular formula is C12H19NO3. The number of benzene rings is 1. The van der Waals surface area contributed by atoms with Crippen LogP contribution in [0, 0.1) is 0 Å². The highest BCUT2D eigenvalue weighted by Crippen LogP contribution is 2.25. The topological polar surface area (TPSA) is 64.7 Å². The molecule has 0 bridgehead atoms. The molecule has 1 atom stereocenters. The summed E-state index contributed by atoms with van der Waals surface area (Å²) in [7, 11) is 3.27. The number of aryl methyl sites for hydroxylation is 1. The zero-order chi connectivity index (χ0) is 12.0. The van der Waals surface area contributed by atoms with E-state index in [0.29, 0.717) is 0 Å².